The molecule has 0 aliphatic heterocycles. The van der Waals surface area contributed by atoms with E-state index in [4.69, 9.17) is 0 Å². The lowest BCUT2D eigenvalue weighted by Gasteiger charge is -2.15. The molecule has 5 rings (SSSR count). The number of aromatic nitrogens is 3. The van der Waals surface area contributed by atoms with Crippen LogP contribution in [0.2, 0.25) is 0 Å². The molecular formula is C23H23N5OS. The minimum Gasteiger partial charge on any atom is -0.299 e. The van der Waals surface area contributed by atoms with Crippen molar-refractivity contribution in [3.05, 3.63) is 71.5 Å². The first-order chi connectivity index (χ1) is 14.6. The van der Waals surface area contributed by atoms with Crippen LogP contribution in [0.5, 0.6) is 0 Å². The number of aryl methyl sites for hydroxylation is 1. The smallest absolute Gasteiger partial charge is 0.260 e. The molecule has 4 aromatic rings. The number of benzene rings is 2. The fourth-order valence-corrected chi connectivity index (χ4v) is 4.54. The molecule has 30 heavy (non-hydrogen) atoms. The first kappa shape index (κ1) is 19.0. The average Bonchev–Trinajstić information content (AvgIpc) is 3.41. The molecule has 7 heteroatoms. The fourth-order valence-electron chi connectivity index (χ4n) is 3.61. The van der Waals surface area contributed by atoms with Crippen LogP contribution >= 0.6 is 11.3 Å². The van der Waals surface area contributed by atoms with Gasteiger partial charge < -0.3 is 0 Å². The van der Waals surface area contributed by atoms with Gasteiger partial charge in [-0.2, -0.15) is 5.10 Å². The van der Waals surface area contributed by atoms with Crippen molar-refractivity contribution in [1.82, 2.24) is 19.7 Å². The van der Waals surface area contributed by atoms with E-state index < -0.39 is 0 Å². The van der Waals surface area contributed by atoms with Gasteiger partial charge in [-0.25, -0.2) is 9.67 Å². The van der Waals surface area contributed by atoms with E-state index in [1.165, 1.54) is 29.7 Å². The van der Waals surface area contributed by atoms with Crippen LogP contribution in [0.25, 0.3) is 15.9 Å². The molecule has 152 valence electrons. The largest absolute Gasteiger partial charge is 0.299 e. The molecule has 0 radical (unpaired) electrons. The summed E-state index contributed by atoms with van der Waals surface area (Å²) in [5.41, 5.74) is 4.33. The molecule has 1 N–H and O–H groups in total. The van der Waals surface area contributed by atoms with Gasteiger partial charge in [-0.05, 0) is 56.6 Å². The van der Waals surface area contributed by atoms with Crippen molar-refractivity contribution in [1.29, 1.82) is 0 Å². The summed E-state index contributed by atoms with van der Waals surface area (Å²) in [5.74, 6) is -0.192. The Hall–Kier alpha value is -3.03. The molecule has 6 nitrogen and oxygen atoms in total. The highest BCUT2D eigenvalue weighted by atomic mass is 32.1. The second kappa shape index (κ2) is 7.66. The zero-order valence-corrected chi connectivity index (χ0v) is 17.8. The minimum atomic E-state index is -0.192. The maximum Gasteiger partial charge on any atom is 0.260 e. The molecule has 0 atom stereocenters. The molecule has 0 saturated heterocycles. The molecule has 1 saturated carbocycles. The van der Waals surface area contributed by atoms with Crippen LogP contribution in [0.3, 0.4) is 0 Å². The van der Waals surface area contributed by atoms with Crippen LogP contribution in [-0.4, -0.2) is 38.7 Å². The topological polar surface area (TPSA) is 63.1 Å². The SMILES string of the molecule is Cc1nn(-c2ccccc2)cc1C(=O)Nc1nc2ccc(CN(C)C3CC3)cc2s1. The van der Waals surface area contributed by atoms with Crippen molar-refractivity contribution in [2.45, 2.75) is 32.4 Å². The van der Waals surface area contributed by atoms with Gasteiger partial charge in [0.2, 0.25) is 0 Å². The third kappa shape index (κ3) is 3.86. The zero-order chi connectivity index (χ0) is 20.7. The Bertz CT molecular complexity index is 1210. The highest BCUT2D eigenvalue weighted by Crippen LogP contribution is 2.30. The molecule has 1 fully saturated rings. The van der Waals surface area contributed by atoms with Gasteiger partial charge in [-0.3, -0.25) is 15.0 Å². The van der Waals surface area contributed by atoms with Crippen molar-refractivity contribution in [3.8, 4) is 5.69 Å². The predicted molar refractivity (Wildman–Crippen MR) is 120 cm³/mol. The highest BCUT2D eigenvalue weighted by molar-refractivity contribution is 7.22. The van der Waals surface area contributed by atoms with Gasteiger partial charge in [0.05, 0.1) is 27.2 Å². The molecular weight excluding hydrogens is 394 g/mol. The van der Waals surface area contributed by atoms with Gasteiger partial charge in [0.15, 0.2) is 5.13 Å². The summed E-state index contributed by atoms with van der Waals surface area (Å²) in [6.07, 6.45) is 4.37. The van der Waals surface area contributed by atoms with Crippen molar-refractivity contribution < 1.29 is 4.79 Å². The number of carbonyl (C=O) groups excluding carboxylic acids is 1. The average molecular weight is 418 g/mol. The van der Waals surface area contributed by atoms with Gasteiger partial charge >= 0.3 is 0 Å². The number of para-hydroxylation sites is 1. The lowest BCUT2D eigenvalue weighted by molar-refractivity contribution is 0.102. The van der Waals surface area contributed by atoms with Crippen LogP contribution in [0.1, 0.15) is 34.5 Å². The molecule has 1 amide bonds. The van der Waals surface area contributed by atoms with Crippen LogP contribution in [0.4, 0.5) is 5.13 Å². The number of hydrogen-bond acceptors (Lipinski definition) is 5. The number of amides is 1. The minimum absolute atomic E-state index is 0.192. The molecule has 0 bridgehead atoms. The molecule has 1 aliphatic carbocycles. The first-order valence-corrected chi connectivity index (χ1v) is 10.9. The third-order valence-electron chi connectivity index (χ3n) is 5.44. The van der Waals surface area contributed by atoms with Crippen molar-refractivity contribution in [2.24, 2.45) is 0 Å². The Morgan fingerprint density at radius 3 is 2.80 bits per heavy atom. The highest BCUT2D eigenvalue weighted by Gasteiger charge is 2.26. The molecule has 0 spiro atoms. The number of carbonyl (C=O) groups is 1. The van der Waals surface area contributed by atoms with Crippen LogP contribution in [0.15, 0.2) is 54.7 Å². The summed E-state index contributed by atoms with van der Waals surface area (Å²) < 4.78 is 2.81. The lowest BCUT2D eigenvalue weighted by atomic mass is 10.2. The molecule has 2 heterocycles. The monoisotopic (exact) mass is 417 g/mol. The summed E-state index contributed by atoms with van der Waals surface area (Å²) in [6, 6.07) is 16.8. The van der Waals surface area contributed by atoms with Gasteiger partial charge in [0.25, 0.3) is 5.91 Å². The van der Waals surface area contributed by atoms with E-state index in [0.29, 0.717) is 16.4 Å². The molecule has 2 aromatic heterocycles. The Kier molecular flexibility index (Phi) is 4.84. The summed E-state index contributed by atoms with van der Waals surface area (Å²) in [6.45, 7) is 2.79. The standard InChI is InChI=1S/C23H23N5OS/c1-15-19(14-28(26-15)18-6-4-3-5-7-18)22(29)25-23-24-20-11-8-16(12-21(20)30-23)13-27(2)17-9-10-17/h3-8,11-12,14,17H,9-10,13H2,1-2H3,(H,24,25,29). The van der Waals surface area contributed by atoms with Crippen LogP contribution in [0, 0.1) is 6.92 Å². The number of fused-ring (bicyclic) bond motifs is 1. The van der Waals surface area contributed by atoms with Gasteiger partial charge in [-0.15, -0.1) is 0 Å². The van der Waals surface area contributed by atoms with Crippen LogP contribution in [-0.2, 0) is 6.54 Å². The number of nitrogens with zero attached hydrogens (tertiary/aromatic N) is 4. The Morgan fingerprint density at radius 1 is 1.23 bits per heavy atom. The lowest BCUT2D eigenvalue weighted by Crippen LogP contribution is -2.19. The molecule has 1 aliphatic rings. The van der Waals surface area contributed by atoms with E-state index in [0.717, 1.165) is 28.5 Å². The van der Waals surface area contributed by atoms with Gasteiger partial charge in [-0.1, -0.05) is 35.6 Å². The number of hydrogen-bond donors (Lipinski definition) is 1. The van der Waals surface area contributed by atoms with E-state index in [-0.39, 0.29) is 5.91 Å². The molecule has 0 unspecified atom stereocenters. The number of anilines is 1. The van der Waals surface area contributed by atoms with Gasteiger partial charge in [0, 0.05) is 18.8 Å². The Labute approximate surface area is 179 Å². The van der Waals surface area contributed by atoms with E-state index in [9.17, 15) is 4.79 Å². The number of rotatable bonds is 6. The maximum absolute atomic E-state index is 12.8. The summed E-state index contributed by atoms with van der Waals surface area (Å²) >= 11 is 1.51. The normalized spacial score (nSPS) is 13.8. The second-order valence-corrected chi connectivity index (χ2v) is 8.86. The molecule has 2 aromatic carbocycles. The Morgan fingerprint density at radius 2 is 2.03 bits per heavy atom. The summed E-state index contributed by atoms with van der Waals surface area (Å²) in [5, 5.41) is 8.03. The predicted octanol–water partition coefficient (Wildman–Crippen LogP) is 4.64. The van der Waals surface area contributed by atoms with Gasteiger partial charge in [0.1, 0.15) is 0 Å². The summed E-state index contributed by atoms with van der Waals surface area (Å²) in [7, 11) is 2.18. The third-order valence-corrected chi connectivity index (χ3v) is 6.37. The quantitative estimate of drug-likeness (QED) is 0.497. The fraction of sp³-hybridized carbons (Fsp3) is 0.261. The summed E-state index contributed by atoms with van der Waals surface area (Å²) in [4.78, 5) is 19.8. The Balaban J connectivity index is 1.34. The maximum atomic E-state index is 12.8. The second-order valence-electron chi connectivity index (χ2n) is 7.83. The number of nitrogens with one attached hydrogen (secondary N) is 1. The van der Waals surface area contributed by atoms with Crippen LogP contribution < -0.4 is 5.32 Å². The number of thiazole rings is 1. The van der Waals surface area contributed by atoms with E-state index in [2.05, 4.69) is 39.5 Å². The van der Waals surface area contributed by atoms with E-state index in [1.54, 1.807) is 10.9 Å². The van der Waals surface area contributed by atoms with E-state index >= 15 is 0 Å². The van der Waals surface area contributed by atoms with Crippen molar-refractivity contribution >= 4 is 32.6 Å². The first-order valence-electron chi connectivity index (χ1n) is 10.1. The zero-order valence-electron chi connectivity index (χ0n) is 17.0. The van der Waals surface area contributed by atoms with Crippen molar-refractivity contribution in [2.75, 3.05) is 12.4 Å². The van der Waals surface area contributed by atoms with E-state index in [1.807, 2.05) is 43.3 Å². The van der Waals surface area contributed by atoms with Crippen molar-refractivity contribution in [3.63, 3.8) is 0 Å².